The second-order valence-corrected chi connectivity index (χ2v) is 4.53. The third-order valence-corrected chi connectivity index (χ3v) is 3.08. The summed E-state index contributed by atoms with van der Waals surface area (Å²) in [6, 6.07) is 2.38. The van der Waals surface area contributed by atoms with Crippen LogP contribution in [0.15, 0.2) is 16.6 Å². The maximum absolute atomic E-state index is 14.0. The molecule has 0 spiro atoms. The van der Waals surface area contributed by atoms with Gasteiger partial charge in [0.05, 0.1) is 15.0 Å². The van der Waals surface area contributed by atoms with E-state index in [0.717, 1.165) is 6.07 Å². The van der Waals surface area contributed by atoms with Crippen molar-refractivity contribution in [1.82, 2.24) is 9.88 Å². The minimum atomic E-state index is -3.19. The number of rotatable bonds is 1. The number of carbonyl (C=O) groups is 1. The Hall–Kier alpha value is -1.07. The summed E-state index contributed by atoms with van der Waals surface area (Å²) in [5, 5.41) is 0.240. The lowest BCUT2D eigenvalue weighted by Crippen LogP contribution is -2.21. The van der Waals surface area contributed by atoms with Crippen molar-refractivity contribution in [2.24, 2.45) is 0 Å². The van der Waals surface area contributed by atoms with Gasteiger partial charge in [0, 0.05) is 27.6 Å². The number of H-pyrrole nitrogens is 1. The van der Waals surface area contributed by atoms with E-state index in [4.69, 9.17) is 19.8 Å². The molecule has 0 unspecified atom stereocenters. The molecule has 1 aromatic heterocycles. The molecule has 1 aromatic carbocycles. The molecule has 3 nitrogen and oxygen atoms in total. The maximum atomic E-state index is 14.0. The van der Waals surface area contributed by atoms with E-state index in [1.807, 2.05) is 0 Å². The van der Waals surface area contributed by atoms with Gasteiger partial charge in [-0.1, -0.05) is 11.6 Å². The third kappa shape index (κ3) is 2.05. The second kappa shape index (κ2) is 4.31. The highest BCUT2D eigenvalue weighted by molar-refractivity contribution is 9.10. The molecule has 0 saturated heterocycles. The van der Waals surface area contributed by atoms with Crippen LogP contribution in [0.2, 0.25) is 5.02 Å². The highest BCUT2D eigenvalue weighted by Gasteiger charge is 2.17. The average molecular weight is 326 g/mol. The molecule has 1 amide bonds. The summed E-state index contributed by atoms with van der Waals surface area (Å²) in [4.78, 5) is 14.5. The minimum absolute atomic E-state index is 0.0411. The Morgan fingerprint density at radius 2 is 2.29 bits per heavy atom. The molecule has 90 valence electrons. The molecule has 1 heterocycles. The van der Waals surface area contributed by atoms with E-state index in [1.165, 1.54) is 6.07 Å². The number of amides is 1. The first-order valence-corrected chi connectivity index (χ1v) is 5.52. The van der Waals surface area contributed by atoms with E-state index in [1.54, 1.807) is 0 Å². The Bertz CT molecular complexity index is 773. The molecule has 0 aliphatic carbocycles. The molecule has 0 aliphatic heterocycles. The molecule has 2 rings (SSSR count). The number of hydrogen-bond acceptors (Lipinski definition) is 1. The average Bonchev–Trinajstić information content (AvgIpc) is 2.78. The van der Waals surface area contributed by atoms with Crippen molar-refractivity contribution in [2.45, 2.75) is 0 Å². The number of halogens is 3. The lowest BCUT2D eigenvalue weighted by molar-refractivity contribution is 0.0823. The van der Waals surface area contributed by atoms with Crippen LogP contribution in [0.3, 0.4) is 0 Å². The van der Waals surface area contributed by atoms with Crippen LogP contribution < -0.4 is 0 Å². The molecular weight excluding hydrogens is 310 g/mol. The zero-order chi connectivity index (χ0) is 17.7. The van der Waals surface area contributed by atoms with Gasteiger partial charge in [0.2, 0.25) is 0 Å². The highest BCUT2D eigenvalue weighted by atomic mass is 79.9. The molecule has 17 heavy (non-hydrogen) atoms. The number of nitrogens with zero attached hydrogens (tertiary/aromatic N) is 1. The Labute approximate surface area is 119 Å². The quantitative estimate of drug-likeness (QED) is 0.801. The van der Waals surface area contributed by atoms with Gasteiger partial charge in [-0.3, -0.25) is 4.79 Å². The molecule has 2 aromatic rings. The zero-order valence-electron chi connectivity index (χ0n) is 14.1. The number of carbonyl (C=O) groups excluding carboxylic acids is 1. The van der Waals surface area contributed by atoms with Crippen LogP contribution in [-0.4, -0.2) is 29.7 Å². The highest BCUT2D eigenvalue weighted by Crippen LogP contribution is 2.32. The van der Waals surface area contributed by atoms with Crippen LogP contribution >= 0.6 is 27.5 Å². The second-order valence-electron chi connectivity index (χ2n) is 3.27. The molecule has 0 atom stereocenters. The first-order valence-electron chi connectivity index (χ1n) is 7.35. The molecule has 0 saturated carbocycles. The third-order valence-electron chi connectivity index (χ3n) is 2.19. The summed E-state index contributed by atoms with van der Waals surface area (Å²) in [6.07, 6.45) is 0. The van der Waals surface area contributed by atoms with E-state index in [0.29, 0.717) is 0 Å². The van der Waals surface area contributed by atoms with Crippen molar-refractivity contribution in [2.75, 3.05) is 14.0 Å². The first-order chi connectivity index (χ1) is 10.3. The summed E-state index contributed by atoms with van der Waals surface area (Å²) in [5.74, 6) is -2.05. The van der Waals surface area contributed by atoms with Crippen molar-refractivity contribution in [3.05, 3.63) is 33.1 Å². The zero-order valence-corrected chi connectivity index (χ0v) is 10.5. The van der Waals surface area contributed by atoms with Crippen LogP contribution in [-0.2, 0) is 0 Å². The molecule has 0 radical (unpaired) electrons. The molecule has 6 heteroatoms. The molecule has 0 aliphatic rings. The number of nitrogens with one attached hydrogen (secondary N) is 1. The van der Waals surface area contributed by atoms with Gasteiger partial charge in [0.1, 0.15) is 5.69 Å². The number of aromatic nitrogens is 1. The van der Waals surface area contributed by atoms with Crippen molar-refractivity contribution < 1.29 is 17.4 Å². The van der Waals surface area contributed by atoms with Crippen LogP contribution in [0.25, 0.3) is 10.9 Å². The van der Waals surface area contributed by atoms with Crippen molar-refractivity contribution in [3.63, 3.8) is 0 Å². The number of aromatic amines is 1. The van der Waals surface area contributed by atoms with Gasteiger partial charge < -0.3 is 9.88 Å². The number of hydrogen-bond donors (Lipinski definition) is 1. The van der Waals surface area contributed by atoms with Crippen molar-refractivity contribution in [1.29, 1.82) is 0 Å². The number of benzene rings is 1. The van der Waals surface area contributed by atoms with Gasteiger partial charge in [-0.15, -0.1) is 0 Å². The molecular formula is C11H9BrClFN2O. The van der Waals surface area contributed by atoms with Gasteiger partial charge in [0.15, 0.2) is 5.82 Å². The SMILES string of the molecule is [2H]C([2H])([2H])N(C(=O)c1cc2c(Cl)cc(Br)c(F)c2[nH]1)C([2H])([2H])[2H]. The van der Waals surface area contributed by atoms with Crippen molar-refractivity contribution >= 4 is 44.3 Å². The lowest BCUT2D eigenvalue weighted by atomic mass is 10.2. The van der Waals surface area contributed by atoms with Gasteiger partial charge in [0.25, 0.3) is 5.91 Å². The van der Waals surface area contributed by atoms with Crippen LogP contribution in [0.1, 0.15) is 18.7 Å². The van der Waals surface area contributed by atoms with Crippen LogP contribution in [0.5, 0.6) is 0 Å². The maximum Gasteiger partial charge on any atom is 0.269 e. The topological polar surface area (TPSA) is 36.1 Å². The van der Waals surface area contributed by atoms with Gasteiger partial charge >= 0.3 is 0 Å². The fraction of sp³-hybridized carbons (Fsp3) is 0.182. The Kier molecular flexibility index (Phi) is 1.71. The predicted octanol–water partition coefficient (Wildman–Crippen LogP) is 3.42. The largest absolute Gasteiger partial charge is 0.348 e. The predicted molar refractivity (Wildman–Crippen MR) is 69.0 cm³/mol. The molecule has 1 N–H and O–H groups in total. The van der Waals surface area contributed by atoms with E-state index in [-0.39, 0.29) is 25.3 Å². The first kappa shape index (κ1) is 6.75. The van der Waals surface area contributed by atoms with Gasteiger partial charge in [-0.2, -0.15) is 0 Å². The fourth-order valence-corrected chi connectivity index (χ4v) is 2.24. The Balaban J connectivity index is 2.62. The minimum Gasteiger partial charge on any atom is -0.348 e. The van der Waals surface area contributed by atoms with Crippen molar-refractivity contribution in [3.8, 4) is 0 Å². The van der Waals surface area contributed by atoms with E-state index in [9.17, 15) is 9.18 Å². The van der Waals surface area contributed by atoms with Gasteiger partial charge in [-0.25, -0.2) is 4.39 Å². The summed E-state index contributed by atoms with van der Waals surface area (Å²) in [7, 11) is 0. The van der Waals surface area contributed by atoms with E-state index < -0.39 is 31.4 Å². The van der Waals surface area contributed by atoms with E-state index in [2.05, 4.69) is 20.9 Å². The Morgan fingerprint density at radius 1 is 1.59 bits per heavy atom. The van der Waals surface area contributed by atoms with Crippen LogP contribution in [0, 0.1) is 5.82 Å². The summed E-state index contributed by atoms with van der Waals surface area (Å²) >= 11 is 8.90. The smallest absolute Gasteiger partial charge is 0.269 e. The summed E-state index contributed by atoms with van der Waals surface area (Å²) in [5.41, 5.74) is -0.532. The Morgan fingerprint density at radius 3 is 2.94 bits per heavy atom. The summed E-state index contributed by atoms with van der Waals surface area (Å²) < 4.78 is 57.5. The lowest BCUT2D eigenvalue weighted by Gasteiger charge is -2.07. The normalized spacial score (nSPS) is 17.6. The van der Waals surface area contributed by atoms with E-state index >= 15 is 0 Å². The van der Waals surface area contributed by atoms with Gasteiger partial charge in [-0.05, 0) is 28.1 Å². The fourth-order valence-electron chi connectivity index (χ4n) is 1.42. The molecule has 0 bridgehead atoms. The standard InChI is InChI=1S/C11H9BrClFN2O/c1-16(2)11(17)8-3-5-7(13)4-6(12)9(14)10(5)15-8/h3-4,15H,1-2H3/i1D3,2D3. The molecule has 0 fully saturated rings. The van der Waals surface area contributed by atoms with Crippen LogP contribution in [0.4, 0.5) is 4.39 Å². The monoisotopic (exact) mass is 324 g/mol. The number of fused-ring (bicyclic) bond motifs is 1. The summed E-state index contributed by atoms with van der Waals surface area (Å²) in [6.45, 7) is -6.38.